The number of aromatic nitrogens is 3. The SMILES string of the molecule is CC1=C(c2cnc(NC(=O)c3c(F)cccc3Cl)cn2)CN(C#N)CC1.c1cscn1. The van der Waals surface area contributed by atoms with E-state index in [1.165, 1.54) is 24.5 Å². The van der Waals surface area contributed by atoms with E-state index in [1.54, 1.807) is 27.9 Å². The van der Waals surface area contributed by atoms with E-state index in [0.717, 1.165) is 23.6 Å². The van der Waals surface area contributed by atoms with E-state index in [1.807, 2.05) is 12.3 Å². The molecule has 1 aliphatic heterocycles. The number of amides is 1. The van der Waals surface area contributed by atoms with Crippen LogP contribution in [0.2, 0.25) is 5.02 Å². The topological polar surface area (TPSA) is 94.8 Å². The Kier molecular flexibility index (Phi) is 7.65. The van der Waals surface area contributed by atoms with Gasteiger partial charge in [0.25, 0.3) is 5.91 Å². The van der Waals surface area contributed by atoms with Gasteiger partial charge in [-0.3, -0.25) is 14.8 Å². The monoisotopic (exact) mass is 456 g/mol. The van der Waals surface area contributed by atoms with E-state index < -0.39 is 11.7 Å². The second kappa shape index (κ2) is 10.6. The van der Waals surface area contributed by atoms with Gasteiger partial charge in [-0.1, -0.05) is 23.2 Å². The summed E-state index contributed by atoms with van der Waals surface area (Å²) >= 11 is 7.49. The maximum absolute atomic E-state index is 13.8. The number of halogens is 2. The van der Waals surface area contributed by atoms with Crippen molar-refractivity contribution in [2.45, 2.75) is 13.3 Å². The maximum Gasteiger partial charge on any atom is 0.261 e. The number of hydrogen-bond donors (Lipinski definition) is 1. The molecule has 1 amide bonds. The van der Waals surface area contributed by atoms with Crippen LogP contribution < -0.4 is 5.32 Å². The molecule has 0 spiro atoms. The van der Waals surface area contributed by atoms with Crippen molar-refractivity contribution in [1.82, 2.24) is 19.9 Å². The van der Waals surface area contributed by atoms with E-state index in [-0.39, 0.29) is 16.4 Å². The summed E-state index contributed by atoms with van der Waals surface area (Å²) in [5.74, 6) is -1.22. The Morgan fingerprint density at radius 1 is 1.35 bits per heavy atom. The molecule has 0 unspecified atom stereocenters. The first-order chi connectivity index (χ1) is 15.0. The Labute approximate surface area is 187 Å². The maximum atomic E-state index is 13.8. The van der Waals surface area contributed by atoms with E-state index in [4.69, 9.17) is 16.9 Å². The third kappa shape index (κ3) is 5.84. The van der Waals surface area contributed by atoms with Crippen LogP contribution in [0.1, 0.15) is 29.4 Å². The molecule has 0 saturated heterocycles. The quantitative estimate of drug-likeness (QED) is 0.577. The van der Waals surface area contributed by atoms with Gasteiger partial charge in [-0.25, -0.2) is 9.37 Å². The van der Waals surface area contributed by atoms with Crippen molar-refractivity contribution in [2.75, 3.05) is 18.4 Å². The first-order valence-corrected chi connectivity index (χ1v) is 10.5. The fourth-order valence-electron chi connectivity index (χ4n) is 2.86. The van der Waals surface area contributed by atoms with Gasteiger partial charge in [-0.2, -0.15) is 5.26 Å². The number of carbonyl (C=O) groups excluding carboxylic acids is 1. The summed E-state index contributed by atoms with van der Waals surface area (Å²) in [6.45, 7) is 3.17. The number of nitrogens with one attached hydrogen (secondary N) is 1. The van der Waals surface area contributed by atoms with Gasteiger partial charge in [-0.15, -0.1) is 11.3 Å². The van der Waals surface area contributed by atoms with E-state index in [9.17, 15) is 9.18 Å². The highest BCUT2D eigenvalue weighted by atomic mass is 35.5. The zero-order valence-corrected chi connectivity index (χ0v) is 18.1. The second-order valence-corrected chi connectivity index (χ2v) is 7.71. The molecule has 10 heteroatoms. The highest BCUT2D eigenvalue weighted by molar-refractivity contribution is 7.07. The Balaban J connectivity index is 0.000000478. The average molecular weight is 457 g/mol. The lowest BCUT2D eigenvalue weighted by molar-refractivity contribution is 0.102. The van der Waals surface area contributed by atoms with Gasteiger partial charge in [0, 0.05) is 18.1 Å². The minimum atomic E-state index is -0.709. The second-order valence-electron chi connectivity index (χ2n) is 6.54. The van der Waals surface area contributed by atoms with Crippen molar-refractivity contribution in [1.29, 1.82) is 5.26 Å². The first kappa shape index (κ1) is 22.3. The normalized spacial score (nSPS) is 13.2. The molecule has 0 aliphatic carbocycles. The molecule has 0 radical (unpaired) electrons. The summed E-state index contributed by atoms with van der Waals surface area (Å²) in [5, 5.41) is 13.5. The van der Waals surface area contributed by atoms with Crippen LogP contribution >= 0.6 is 22.9 Å². The number of anilines is 1. The molecule has 1 aromatic carbocycles. The van der Waals surface area contributed by atoms with Gasteiger partial charge in [0.2, 0.25) is 0 Å². The van der Waals surface area contributed by atoms with Crippen molar-refractivity contribution in [2.24, 2.45) is 0 Å². The Morgan fingerprint density at radius 2 is 2.19 bits per heavy atom. The molecule has 1 aliphatic rings. The van der Waals surface area contributed by atoms with Crippen LogP contribution in [0, 0.1) is 17.3 Å². The number of nitriles is 1. The smallest absolute Gasteiger partial charge is 0.261 e. The zero-order chi connectivity index (χ0) is 22.2. The molecule has 31 heavy (non-hydrogen) atoms. The fraction of sp³-hybridized carbons (Fsp3) is 0.190. The van der Waals surface area contributed by atoms with Crippen molar-refractivity contribution >= 4 is 40.2 Å². The largest absolute Gasteiger partial charge is 0.306 e. The molecule has 0 fully saturated rings. The lowest BCUT2D eigenvalue weighted by Gasteiger charge is -2.25. The molecule has 3 heterocycles. The van der Waals surface area contributed by atoms with E-state index in [2.05, 4.69) is 26.5 Å². The van der Waals surface area contributed by atoms with Crippen LogP contribution in [0.25, 0.3) is 5.57 Å². The molecule has 0 bridgehead atoms. The summed E-state index contributed by atoms with van der Waals surface area (Å²) in [5.41, 5.74) is 4.29. The molecule has 2 aromatic heterocycles. The highest BCUT2D eigenvalue weighted by Crippen LogP contribution is 2.25. The lowest BCUT2D eigenvalue weighted by Crippen LogP contribution is -2.26. The number of thiazole rings is 1. The zero-order valence-electron chi connectivity index (χ0n) is 16.5. The molecule has 3 aromatic rings. The molecule has 0 atom stereocenters. The standard InChI is InChI=1S/C18H15ClFN5O.C3H3NS/c1-11-5-6-25(10-21)9-12(11)15-7-23-16(8-22-15)24-18(26)17-13(19)3-2-4-14(17)20;1-2-5-3-4-1/h2-4,7-8H,5-6,9H2,1H3,(H,23,24,26);1-3H. The van der Waals surface area contributed by atoms with Crippen molar-refractivity contribution in [3.63, 3.8) is 0 Å². The lowest BCUT2D eigenvalue weighted by atomic mass is 9.99. The summed E-state index contributed by atoms with van der Waals surface area (Å²) in [4.78, 5) is 26.1. The van der Waals surface area contributed by atoms with Crippen LogP contribution in [0.3, 0.4) is 0 Å². The molecule has 0 saturated carbocycles. The van der Waals surface area contributed by atoms with Crippen LogP contribution in [0.5, 0.6) is 0 Å². The number of rotatable bonds is 3. The summed E-state index contributed by atoms with van der Waals surface area (Å²) in [6, 6.07) is 4.02. The highest BCUT2D eigenvalue weighted by Gasteiger charge is 2.19. The molecular weight excluding hydrogens is 439 g/mol. The Hall–Kier alpha value is -3.35. The Morgan fingerprint density at radius 3 is 2.77 bits per heavy atom. The minimum absolute atomic E-state index is 0.0201. The van der Waals surface area contributed by atoms with E-state index in [0.29, 0.717) is 18.8 Å². The predicted molar refractivity (Wildman–Crippen MR) is 118 cm³/mol. The number of benzene rings is 1. The predicted octanol–water partition coefficient (Wildman–Crippen LogP) is 4.62. The average Bonchev–Trinajstić information content (AvgIpc) is 3.35. The molecule has 7 nitrogen and oxygen atoms in total. The van der Waals surface area contributed by atoms with Gasteiger partial charge >= 0.3 is 0 Å². The van der Waals surface area contributed by atoms with Crippen molar-refractivity contribution in [3.05, 3.63) is 75.4 Å². The fourth-order valence-corrected chi connectivity index (χ4v) is 3.46. The first-order valence-electron chi connectivity index (χ1n) is 9.22. The van der Waals surface area contributed by atoms with Crippen molar-refractivity contribution < 1.29 is 9.18 Å². The summed E-state index contributed by atoms with van der Waals surface area (Å²) < 4.78 is 13.8. The minimum Gasteiger partial charge on any atom is -0.306 e. The molecule has 158 valence electrons. The van der Waals surface area contributed by atoms with Gasteiger partial charge < -0.3 is 10.2 Å². The van der Waals surface area contributed by atoms with Crippen LogP contribution in [0.4, 0.5) is 10.2 Å². The third-order valence-electron chi connectivity index (χ3n) is 4.50. The molecular formula is C21H18ClFN6OS. The van der Waals surface area contributed by atoms with Crippen LogP contribution in [-0.2, 0) is 0 Å². The summed E-state index contributed by atoms with van der Waals surface area (Å²) in [6.07, 6.45) is 7.61. The summed E-state index contributed by atoms with van der Waals surface area (Å²) in [7, 11) is 0. The molecule has 4 rings (SSSR count). The van der Waals surface area contributed by atoms with Crippen LogP contribution in [0.15, 0.2) is 53.3 Å². The van der Waals surface area contributed by atoms with Gasteiger partial charge in [0.1, 0.15) is 5.82 Å². The van der Waals surface area contributed by atoms with Crippen molar-refractivity contribution in [3.8, 4) is 6.19 Å². The van der Waals surface area contributed by atoms with E-state index >= 15 is 0 Å². The number of nitrogens with zero attached hydrogens (tertiary/aromatic N) is 5. The van der Waals surface area contributed by atoms with Gasteiger partial charge in [0.05, 0.1) is 40.7 Å². The molecule has 1 N–H and O–H groups in total. The van der Waals surface area contributed by atoms with Gasteiger partial charge in [0.15, 0.2) is 12.0 Å². The number of hydrogen-bond acceptors (Lipinski definition) is 7. The number of carbonyl (C=O) groups is 1. The van der Waals surface area contributed by atoms with Crippen LogP contribution in [-0.4, -0.2) is 38.8 Å². The Bertz CT molecular complexity index is 1070. The van der Waals surface area contributed by atoms with Gasteiger partial charge in [-0.05, 0) is 31.1 Å². The third-order valence-corrected chi connectivity index (χ3v) is 5.34.